The van der Waals surface area contributed by atoms with Crippen molar-refractivity contribution in [3.8, 4) is 0 Å². The molecular formula is C16H17FN2O3S. The normalized spacial score (nSPS) is 18.9. The average Bonchev–Trinajstić information content (AvgIpc) is 2.55. The number of nitrogens with two attached hydrogens (primary N) is 1. The van der Waals surface area contributed by atoms with E-state index < -0.39 is 15.8 Å². The molecule has 0 aliphatic carbocycles. The Kier molecular flexibility index (Phi) is 4.34. The first-order valence-corrected chi connectivity index (χ1v) is 8.73. The van der Waals surface area contributed by atoms with Crippen molar-refractivity contribution in [1.29, 1.82) is 0 Å². The second-order valence-corrected chi connectivity index (χ2v) is 6.94. The number of anilines is 1. The molecule has 0 bridgehead atoms. The Morgan fingerprint density at radius 1 is 1.17 bits per heavy atom. The monoisotopic (exact) mass is 336 g/mol. The summed E-state index contributed by atoms with van der Waals surface area (Å²) >= 11 is 0. The zero-order valence-corrected chi connectivity index (χ0v) is 13.2. The van der Waals surface area contributed by atoms with E-state index in [1.807, 2.05) is 35.2 Å². The molecule has 2 aromatic carbocycles. The zero-order valence-electron chi connectivity index (χ0n) is 12.4. The maximum absolute atomic E-state index is 14.3. The molecule has 1 fully saturated rings. The fraction of sp³-hybridized carbons (Fsp3) is 0.250. The number of rotatable bonds is 3. The van der Waals surface area contributed by atoms with Crippen LogP contribution in [-0.4, -0.2) is 28.1 Å². The second kappa shape index (κ2) is 6.27. The number of sulfonamides is 1. The van der Waals surface area contributed by atoms with Gasteiger partial charge in [-0.1, -0.05) is 30.3 Å². The Labute approximate surface area is 134 Å². The molecule has 0 radical (unpaired) electrons. The molecule has 2 aromatic rings. The van der Waals surface area contributed by atoms with E-state index in [0.717, 1.165) is 11.6 Å². The van der Waals surface area contributed by atoms with Crippen LogP contribution in [0.2, 0.25) is 0 Å². The van der Waals surface area contributed by atoms with Gasteiger partial charge in [-0.3, -0.25) is 0 Å². The van der Waals surface area contributed by atoms with Gasteiger partial charge in [0.15, 0.2) is 0 Å². The smallest absolute Gasteiger partial charge is 0.238 e. The number of ether oxygens (including phenoxy) is 1. The van der Waals surface area contributed by atoms with E-state index >= 15 is 0 Å². The quantitative estimate of drug-likeness (QED) is 0.931. The highest BCUT2D eigenvalue weighted by molar-refractivity contribution is 7.89. The molecule has 122 valence electrons. The Morgan fingerprint density at radius 2 is 1.91 bits per heavy atom. The van der Waals surface area contributed by atoms with Crippen LogP contribution >= 0.6 is 0 Å². The van der Waals surface area contributed by atoms with Gasteiger partial charge in [-0.15, -0.1) is 0 Å². The first-order chi connectivity index (χ1) is 10.9. The van der Waals surface area contributed by atoms with Crippen LogP contribution in [0.1, 0.15) is 11.7 Å². The summed E-state index contributed by atoms with van der Waals surface area (Å²) in [4.78, 5) is 1.62. The molecule has 1 heterocycles. The maximum atomic E-state index is 14.3. The lowest BCUT2D eigenvalue weighted by Crippen LogP contribution is -2.38. The van der Waals surface area contributed by atoms with Crippen molar-refractivity contribution in [1.82, 2.24) is 0 Å². The highest BCUT2D eigenvalue weighted by Gasteiger charge is 2.24. The van der Waals surface area contributed by atoms with E-state index in [-0.39, 0.29) is 11.0 Å². The number of morpholine rings is 1. The van der Waals surface area contributed by atoms with E-state index in [1.165, 1.54) is 12.1 Å². The van der Waals surface area contributed by atoms with Crippen LogP contribution < -0.4 is 10.0 Å². The Bertz CT molecular complexity index is 796. The Hall–Kier alpha value is -1.96. The summed E-state index contributed by atoms with van der Waals surface area (Å²) in [5, 5.41) is 5.02. The van der Waals surface area contributed by atoms with Gasteiger partial charge in [-0.05, 0) is 23.8 Å². The average molecular weight is 336 g/mol. The number of nitrogens with zero attached hydrogens (tertiary/aromatic N) is 1. The maximum Gasteiger partial charge on any atom is 0.238 e. The van der Waals surface area contributed by atoms with Crippen LogP contribution in [-0.2, 0) is 14.8 Å². The van der Waals surface area contributed by atoms with Crippen LogP contribution in [0.25, 0.3) is 0 Å². The zero-order chi connectivity index (χ0) is 16.4. The molecule has 5 nitrogen and oxygen atoms in total. The molecule has 3 rings (SSSR count). The van der Waals surface area contributed by atoms with Crippen LogP contribution in [0.5, 0.6) is 0 Å². The molecule has 1 aliphatic heterocycles. The van der Waals surface area contributed by atoms with Crippen molar-refractivity contribution in [2.45, 2.75) is 11.0 Å². The topological polar surface area (TPSA) is 72.6 Å². The summed E-state index contributed by atoms with van der Waals surface area (Å²) in [6.45, 7) is 1.50. The van der Waals surface area contributed by atoms with Gasteiger partial charge in [0.1, 0.15) is 11.9 Å². The van der Waals surface area contributed by atoms with Crippen molar-refractivity contribution in [2.75, 3.05) is 24.6 Å². The largest absolute Gasteiger partial charge is 0.370 e. The third kappa shape index (κ3) is 3.52. The first kappa shape index (κ1) is 15.9. The molecule has 0 unspecified atom stereocenters. The van der Waals surface area contributed by atoms with E-state index in [2.05, 4.69) is 0 Å². The minimum absolute atomic E-state index is 0.151. The SMILES string of the molecule is NS(=O)(=O)c1ccc(N2CCO[C@H](c3ccccc3)C2)c(F)c1. The molecule has 7 heteroatoms. The fourth-order valence-corrected chi connectivity index (χ4v) is 3.18. The van der Waals surface area contributed by atoms with Gasteiger partial charge in [0.05, 0.1) is 17.2 Å². The predicted molar refractivity (Wildman–Crippen MR) is 85.1 cm³/mol. The van der Waals surface area contributed by atoms with Crippen molar-refractivity contribution < 1.29 is 17.5 Å². The van der Waals surface area contributed by atoms with E-state index in [0.29, 0.717) is 25.4 Å². The molecule has 1 atom stereocenters. The molecule has 1 aliphatic rings. The van der Waals surface area contributed by atoms with Gasteiger partial charge in [-0.25, -0.2) is 17.9 Å². The van der Waals surface area contributed by atoms with E-state index in [9.17, 15) is 12.8 Å². The van der Waals surface area contributed by atoms with Gasteiger partial charge in [0, 0.05) is 13.1 Å². The van der Waals surface area contributed by atoms with Gasteiger partial charge in [0.25, 0.3) is 0 Å². The molecule has 1 saturated heterocycles. The molecule has 0 spiro atoms. The summed E-state index contributed by atoms with van der Waals surface area (Å²) in [6.07, 6.45) is -0.151. The van der Waals surface area contributed by atoms with Crippen LogP contribution in [0.15, 0.2) is 53.4 Å². The number of benzene rings is 2. The fourth-order valence-electron chi connectivity index (χ4n) is 2.66. The summed E-state index contributed by atoms with van der Waals surface area (Å²) in [5.74, 6) is -0.606. The van der Waals surface area contributed by atoms with Crippen molar-refractivity contribution in [3.63, 3.8) is 0 Å². The van der Waals surface area contributed by atoms with Crippen molar-refractivity contribution in [2.24, 2.45) is 5.14 Å². The summed E-state index contributed by atoms with van der Waals surface area (Å²) in [6, 6.07) is 13.4. The molecular weight excluding hydrogens is 319 g/mol. The third-order valence-electron chi connectivity index (χ3n) is 3.83. The minimum atomic E-state index is -3.91. The number of halogens is 1. The van der Waals surface area contributed by atoms with Crippen LogP contribution in [0.3, 0.4) is 0 Å². The van der Waals surface area contributed by atoms with Crippen molar-refractivity contribution in [3.05, 3.63) is 59.9 Å². The summed E-state index contributed by atoms with van der Waals surface area (Å²) in [7, 11) is -3.91. The standard InChI is InChI=1S/C16H17FN2O3S/c17-14-10-13(23(18,20)21)6-7-15(14)19-8-9-22-16(11-19)12-4-2-1-3-5-12/h1-7,10,16H,8-9,11H2,(H2,18,20,21)/t16-/m0/s1. The Morgan fingerprint density at radius 3 is 2.57 bits per heavy atom. The molecule has 0 saturated carbocycles. The lowest BCUT2D eigenvalue weighted by Gasteiger charge is -2.35. The van der Waals surface area contributed by atoms with Crippen molar-refractivity contribution >= 4 is 15.7 Å². The number of hydrogen-bond acceptors (Lipinski definition) is 4. The van der Waals surface area contributed by atoms with Crippen LogP contribution in [0.4, 0.5) is 10.1 Å². The highest BCUT2D eigenvalue weighted by Crippen LogP contribution is 2.28. The lowest BCUT2D eigenvalue weighted by molar-refractivity contribution is 0.0396. The number of primary sulfonamides is 1. The van der Waals surface area contributed by atoms with Gasteiger partial charge >= 0.3 is 0 Å². The molecule has 0 amide bonds. The van der Waals surface area contributed by atoms with Gasteiger partial charge < -0.3 is 9.64 Å². The molecule has 0 aromatic heterocycles. The van der Waals surface area contributed by atoms with Gasteiger partial charge in [0.2, 0.25) is 10.0 Å². The third-order valence-corrected chi connectivity index (χ3v) is 4.74. The highest BCUT2D eigenvalue weighted by atomic mass is 32.2. The first-order valence-electron chi connectivity index (χ1n) is 7.19. The Balaban J connectivity index is 1.84. The lowest BCUT2D eigenvalue weighted by atomic mass is 10.1. The second-order valence-electron chi connectivity index (χ2n) is 5.37. The minimum Gasteiger partial charge on any atom is -0.370 e. The predicted octanol–water partition coefficient (Wildman–Crippen LogP) is 2.05. The summed E-state index contributed by atoms with van der Waals surface area (Å²) in [5.41, 5.74) is 1.38. The molecule has 23 heavy (non-hydrogen) atoms. The van der Waals surface area contributed by atoms with E-state index in [4.69, 9.17) is 9.88 Å². The summed E-state index contributed by atoms with van der Waals surface area (Å²) < 4.78 is 42.6. The number of hydrogen-bond donors (Lipinski definition) is 1. The molecule has 2 N–H and O–H groups in total. The van der Waals surface area contributed by atoms with E-state index in [1.54, 1.807) is 0 Å². The van der Waals surface area contributed by atoms with Gasteiger partial charge in [-0.2, -0.15) is 0 Å². The van der Waals surface area contributed by atoms with Crippen LogP contribution in [0, 0.1) is 5.82 Å².